The molecule has 0 spiro atoms. The molecule has 1 aromatic carbocycles. The van der Waals surface area contributed by atoms with Gasteiger partial charge < -0.3 is 29.1 Å². The largest absolute Gasteiger partial charge is 0.462 e. The Kier molecular flexibility index (Phi) is 9.01. The molecule has 0 radical (unpaired) electrons. The van der Waals surface area contributed by atoms with Crippen molar-refractivity contribution in [2.45, 2.75) is 72.1 Å². The first-order valence-corrected chi connectivity index (χ1v) is 15.4. The van der Waals surface area contributed by atoms with Crippen molar-refractivity contribution in [3.63, 3.8) is 0 Å². The lowest BCUT2D eigenvalue weighted by Crippen LogP contribution is -2.50. The van der Waals surface area contributed by atoms with Crippen LogP contribution in [0.4, 0.5) is 27.7 Å². The summed E-state index contributed by atoms with van der Waals surface area (Å²) < 4.78 is 11.7. The summed E-state index contributed by atoms with van der Waals surface area (Å²) in [6.45, 7) is 13.0. The van der Waals surface area contributed by atoms with E-state index in [0.29, 0.717) is 62.6 Å². The highest BCUT2D eigenvalue weighted by Gasteiger charge is 2.37. The van der Waals surface area contributed by atoms with Gasteiger partial charge in [0, 0.05) is 50.4 Å². The van der Waals surface area contributed by atoms with Gasteiger partial charge in [-0.1, -0.05) is 0 Å². The third kappa shape index (κ3) is 6.87. The number of carbonyl (C=O) groups is 1. The summed E-state index contributed by atoms with van der Waals surface area (Å²) in [6.07, 6.45) is 2.24. The highest BCUT2D eigenvalue weighted by molar-refractivity contribution is 5.78. The number of ether oxygens (including phenoxy) is 2. The number of carbonyl (C=O) groups excluding carboxylic acids is 1. The molecule has 2 saturated heterocycles. The number of aryl methyl sites for hydroxylation is 1. The van der Waals surface area contributed by atoms with Gasteiger partial charge in [0.2, 0.25) is 0 Å². The van der Waals surface area contributed by atoms with Crippen LogP contribution in [-0.2, 0) is 17.7 Å². The quantitative estimate of drug-likeness (QED) is 0.321. The Morgan fingerprint density at radius 1 is 1.02 bits per heavy atom. The number of rotatable bonds is 7. The summed E-state index contributed by atoms with van der Waals surface area (Å²) in [5.74, 6) is 0.722. The first-order valence-electron chi connectivity index (χ1n) is 15.4. The van der Waals surface area contributed by atoms with Crippen LogP contribution in [0.2, 0.25) is 0 Å². The van der Waals surface area contributed by atoms with Crippen molar-refractivity contribution >= 4 is 29.0 Å². The molecule has 0 saturated carbocycles. The van der Waals surface area contributed by atoms with Crippen LogP contribution < -0.4 is 14.5 Å². The fraction of sp³-hybridized carbons (Fsp3) is 0.633. The van der Waals surface area contributed by atoms with Gasteiger partial charge in [-0.05, 0) is 78.6 Å². The topological polar surface area (TPSA) is 161 Å². The van der Waals surface area contributed by atoms with Crippen LogP contribution in [0.3, 0.4) is 0 Å². The molecule has 2 fully saturated rings. The van der Waals surface area contributed by atoms with Crippen molar-refractivity contribution in [2.24, 2.45) is 0 Å². The lowest BCUT2D eigenvalue weighted by molar-refractivity contribution is -0.422. The van der Waals surface area contributed by atoms with E-state index in [-0.39, 0.29) is 30.4 Å². The molecule has 15 heteroatoms. The van der Waals surface area contributed by atoms with Gasteiger partial charge in [-0.25, -0.2) is 4.79 Å². The molecule has 1 amide bonds. The number of anilines is 2. The molecule has 1 aromatic heterocycles. The Bertz CT molecular complexity index is 1490. The molecular formula is C30H42N8O7. The lowest BCUT2D eigenvalue weighted by Gasteiger charge is -2.38. The SMILES string of the molecule is Cc1cc([N+](=O)[O-])c([N+](=O)[O-])c(N2CCc3c(nc(OC[C@@H]4CCCN4C)nc3N3CCN(C(=O)OC(C)(C)C)CC3)C2)c1C. The first kappa shape index (κ1) is 32.1. The smallest absolute Gasteiger partial charge is 0.410 e. The van der Waals surface area contributed by atoms with Crippen LogP contribution in [0.5, 0.6) is 6.01 Å². The minimum absolute atomic E-state index is 0.199. The van der Waals surface area contributed by atoms with Crippen molar-refractivity contribution in [1.29, 1.82) is 0 Å². The second-order valence-electron chi connectivity index (χ2n) is 13.0. The van der Waals surface area contributed by atoms with E-state index >= 15 is 0 Å². The third-order valence-corrected chi connectivity index (χ3v) is 8.79. The van der Waals surface area contributed by atoms with E-state index < -0.39 is 26.8 Å². The molecule has 0 unspecified atom stereocenters. The van der Waals surface area contributed by atoms with Gasteiger partial charge in [-0.3, -0.25) is 20.2 Å². The zero-order chi connectivity index (χ0) is 32.6. The van der Waals surface area contributed by atoms with Gasteiger partial charge in [0.1, 0.15) is 23.7 Å². The highest BCUT2D eigenvalue weighted by atomic mass is 16.6. The van der Waals surface area contributed by atoms with Crippen LogP contribution in [0.1, 0.15) is 56.0 Å². The van der Waals surface area contributed by atoms with E-state index in [4.69, 9.17) is 19.4 Å². The Labute approximate surface area is 262 Å². The summed E-state index contributed by atoms with van der Waals surface area (Å²) in [6, 6.07) is 1.74. The Hall–Kier alpha value is -4.27. The van der Waals surface area contributed by atoms with E-state index in [2.05, 4.69) is 16.8 Å². The first-order chi connectivity index (χ1) is 21.2. The van der Waals surface area contributed by atoms with E-state index in [1.165, 1.54) is 6.07 Å². The Balaban J connectivity index is 1.47. The van der Waals surface area contributed by atoms with E-state index in [9.17, 15) is 25.0 Å². The summed E-state index contributed by atoms with van der Waals surface area (Å²) in [7, 11) is 2.07. The molecule has 0 N–H and O–H groups in total. The van der Waals surface area contributed by atoms with Crippen LogP contribution in [0, 0.1) is 34.1 Å². The molecular weight excluding hydrogens is 584 g/mol. The molecule has 2 aromatic rings. The predicted molar refractivity (Wildman–Crippen MR) is 167 cm³/mol. The van der Waals surface area contributed by atoms with Crippen molar-refractivity contribution < 1.29 is 24.1 Å². The zero-order valence-corrected chi connectivity index (χ0v) is 26.9. The number of likely N-dealkylation sites (N-methyl/N-ethyl adjacent to an activating group) is 1. The Morgan fingerprint density at radius 2 is 1.73 bits per heavy atom. The number of aromatic nitrogens is 2. The fourth-order valence-electron chi connectivity index (χ4n) is 6.27. The number of nitrogens with zero attached hydrogens (tertiary/aromatic N) is 8. The number of nitro groups is 2. The molecule has 5 rings (SSSR count). The molecule has 15 nitrogen and oxygen atoms in total. The molecule has 0 aliphatic carbocycles. The maximum absolute atomic E-state index is 12.7. The molecule has 0 bridgehead atoms. The van der Waals surface area contributed by atoms with Crippen LogP contribution >= 0.6 is 0 Å². The average molecular weight is 627 g/mol. The fourth-order valence-corrected chi connectivity index (χ4v) is 6.27. The second-order valence-corrected chi connectivity index (χ2v) is 13.0. The Morgan fingerprint density at radius 3 is 2.33 bits per heavy atom. The molecule has 244 valence electrons. The van der Waals surface area contributed by atoms with Crippen molar-refractivity contribution in [1.82, 2.24) is 19.8 Å². The zero-order valence-electron chi connectivity index (χ0n) is 26.9. The minimum Gasteiger partial charge on any atom is -0.462 e. The van der Waals surface area contributed by atoms with E-state index in [1.807, 2.05) is 25.7 Å². The summed E-state index contributed by atoms with van der Waals surface area (Å²) in [4.78, 5) is 52.9. The van der Waals surface area contributed by atoms with Crippen molar-refractivity contribution in [3.05, 3.63) is 48.7 Å². The summed E-state index contributed by atoms with van der Waals surface area (Å²) in [5, 5.41) is 24.0. The average Bonchev–Trinajstić information content (AvgIpc) is 3.39. The molecule has 1 atom stereocenters. The molecule has 3 aliphatic heterocycles. The van der Waals surface area contributed by atoms with Crippen molar-refractivity contribution in [2.75, 3.05) is 62.7 Å². The van der Waals surface area contributed by atoms with Crippen LogP contribution in [0.25, 0.3) is 0 Å². The lowest BCUT2D eigenvalue weighted by atomic mass is 9.99. The van der Waals surface area contributed by atoms with Gasteiger partial charge in [0.15, 0.2) is 0 Å². The number of hydrogen-bond acceptors (Lipinski definition) is 12. The van der Waals surface area contributed by atoms with Gasteiger partial charge in [-0.2, -0.15) is 9.97 Å². The second kappa shape index (κ2) is 12.6. The molecule has 45 heavy (non-hydrogen) atoms. The van der Waals surface area contributed by atoms with Gasteiger partial charge >= 0.3 is 23.5 Å². The van der Waals surface area contributed by atoms with Crippen LogP contribution in [-0.4, -0.2) is 100 Å². The maximum Gasteiger partial charge on any atom is 0.410 e. The number of amides is 1. The van der Waals surface area contributed by atoms with Gasteiger partial charge in [-0.15, -0.1) is 0 Å². The number of hydrogen-bond donors (Lipinski definition) is 0. The normalized spacial score (nSPS) is 19.0. The highest BCUT2D eigenvalue weighted by Crippen LogP contribution is 2.43. The number of benzene rings is 1. The predicted octanol–water partition coefficient (Wildman–Crippen LogP) is 4.00. The van der Waals surface area contributed by atoms with E-state index in [0.717, 1.165) is 30.8 Å². The van der Waals surface area contributed by atoms with E-state index in [1.54, 1.807) is 18.7 Å². The number of nitro benzene ring substituents is 2. The number of likely N-dealkylation sites (tertiary alicyclic amines) is 1. The van der Waals surface area contributed by atoms with Gasteiger partial charge in [0.05, 0.1) is 22.1 Å². The standard InChI is InChI=1S/C30H42N8O7/c1-19-16-24(37(40)41)26(38(42)43)25(20(19)2)36-11-9-22-23(17-36)31-28(44-18-21-8-7-10-33(21)6)32-27(22)34-12-14-35(15-13-34)29(39)45-30(3,4)5/h16,21H,7-15,17-18H2,1-6H3/t21-/m0/s1. The monoisotopic (exact) mass is 626 g/mol. The molecule has 3 aliphatic rings. The maximum atomic E-state index is 12.7. The number of fused-ring (bicyclic) bond motifs is 1. The number of piperazine rings is 1. The summed E-state index contributed by atoms with van der Waals surface area (Å²) >= 11 is 0. The minimum atomic E-state index is -0.699. The van der Waals surface area contributed by atoms with Crippen LogP contribution in [0.15, 0.2) is 6.07 Å². The summed E-state index contributed by atoms with van der Waals surface area (Å²) in [5.41, 5.74) is 1.39. The molecule has 4 heterocycles. The third-order valence-electron chi connectivity index (χ3n) is 8.79. The van der Waals surface area contributed by atoms with Gasteiger partial charge in [0.25, 0.3) is 0 Å². The van der Waals surface area contributed by atoms with Crippen molar-refractivity contribution in [3.8, 4) is 6.01 Å².